The SMILES string of the molecule is CC(C)(N)C(=O)Nc1cc([N+](=O)[O-])ccc1O. The number of aromatic hydroxyl groups is 1. The van der Waals surface area contributed by atoms with Gasteiger partial charge in [-0.25, -0.2) is 0 Å². The van der Waals surface area contributed by atoms with Crippen LogP contribution in [0.15, 0.2) is 18.2 Å². The van der Waals surface area contributed by atoms with Crippen LogP contribution in [0.4, 0.5) is 11.4 Å². The van der Waals surface area contributed by atoms with Crippen molar-refractivity contribution < 1.29 is 14.8 Å². The number of amides is 1. The molecule has 0 saturated carbocycles. The summed E-state index contributed by atoms with van der Waals surface area (Å²) in [4.78, 5) is 21.5. The monoisotopic (exact) mass is 239 g/mol. The number of phenols is 1. The number of hydrogen-bond acceptors (Lipinski definition) is 5. The molecule has 7 heteroatoms. The lowest BCUT2D eigenvalue weighted by Gasteiger charge is -2.18. The molecule has 17 heavy (non-hydrogen) atoms. The first-order valence-electron chi connectivity index (χ1n) is 4.79. The van der Waals surface area contributed by atoms with Crippen LogP contribution in [0.5, 0.6) is 5.75 Å². The van der Waals surface area contributed by atoms with Gasteiger partial charge in [0.2, 0.25) is 5.91 Å². The van der Waals surface area contributed by atoms with Crippen LogP contribution in [0.25, 0.3) is 0 Å². The number of hydrogen-bond donors (Lipinski definition) is 3. The van der Waals surface area contributed by atoms with Gasteiger partial charge in [0.15, 0.2) is 0 Å². The fraction of sp³-hybridized carbons (Fsp3) is 0.300. The normalized spacial score (nSPS) is 11.0. The number of benzene rings is 1. The Morgan fingerprint density at radius 3 is 2.59 bits per heavy atom. The van der Waals surface area contributed by atoms with E-state index >= 15 is 0 Å². The third-order valence-electron chi connectivity index (χ3n) is 2.02. The summed E-state index contributed by atoms with van der Waals surface area (Å²) in [5.74, 6) is -0.804. The molecule has 7 nitrogen and oxygen atoms in total. The summed E-state index contributed by atoms with van der Waals surface area (Å²) in [5.41, 5.74) is 4.14. The van der Waals surface area contributed by atoms with E-state index in [1.165, 1.54) is 13.8 Å². The molecule has 4 N–H and O–H groups in total. The summed E-state index contributed by atoms with van der Waals surface area (Å²) in [5, 5.41) is 22.3. The number of nitrogens with zero attached hydrogens (tertiary/aromatic N) is 1. The number of nitro benzene ring substituents is 1. The molecule has 0 atom stereocenters. The van der Waals surface area contributed by atoms with Crippen LogP contribution >= 0.6 is 0 Å². The van der Waals surface area contributed by atoms with Crippen molar-refractivity contribution in [2.45, 2.75) is 19.4 Å². The van der Waals surface area contributed by atoms with Crippen LogP contribution in [0.3, 0.4) is 0 Å². The van der Waals surface area contributed by atoms with Crippen molar-refractivity contribution in [3.63, 3.8) is 0 Å². The number of nitro groups is 1. The molecule has 1 aromatic rings. The van der Waals surface area contributed by atoms with E-state index in [2.05, 4.69) is 5.32 Å². The van der Waals surface area contributed by atoms with Gasteiger partial charge in [-0.2, -0.15) is 0 Å². The number of anilines is 1. The molecule has 1 amide bonds. The largest absolute Gasteiger partial charge is 0.506 e. The van der Waals surface area contributed by atoms with Crippen LogP contribution in [-0.2, 0) is 4.79 Å². The molecule has 0 aromatic heterocycles. The zero-order valence-corrected chi connectivity index (χ0v) is 9.43. The summed E-state index contributed by atoms with van der Waals surface area (Å²) in [6, 6.07) is 3.34. The molecule has 0 bridgehead atoms. The summed E-state index contributed by atoms with van der Waals surface area (Å²) in [6.45, 7) is 2.97. The highest BCUT2D eigenvalue weighted by Crippen LogP contribution is 2.28. The average molecular weight is 239 g/mol. The van der Waals surface area contributed by atoms with E-state index in [0.29, 0.717) is 0 Å². The Morgan fingerprint density at radius 1 is 1.53 bits per heavy atom. The van der Waals surface area contributed by atoms with Crippen molar-refractivity contribution >= 4 is 17.3 Å². The third kappa shape index (κ3) is 3.15. The van der Waals surface area contributed by atoms with Gasteiger partial charge in [0, 0.05) is 12.1 Å². The molecular weight excluding hydrogens is 226 g/mol. The molecule has 0 radical (unpaired) electrons. The number of rotatable bonds is 3. The van der Waals surface area contributed by atoms with Gasteiger partial charge in [-0.05, 0) is 19.9 Å². The molecule has 92 valence electrons. The number of nitrogens with two attached hydrogens (primary N) is 1. The fourth-order valence-electron chi connectivity index (χ4n) is 1.02. The highest BCUT2D eigenvalue weighted by molar-refractivity contribution is 5.98. The summed E-state index contributed by atoms with van der Waals surface area (Å²) in [7, 11) is 0. The predicted molar refractivity (Wildman–Crippen MR) is 61.7 cm³/mol. The topological polar surface area (TPSA) is 118 Å². The number of carbonyl (C=O) groups excluding carboxylic acids is 1. The number of carbonyl (C=O) groups is 1. The minimum Gasteiger partial charge on any atom is -0.506 e. The van der Waals surface area contributed by atoms with Gasteiger partial charge in [0.25, 0.3) is 5.69 Å². The second-order valence-electron chi connectivity index (χ2n) is 4.13. The zero-order chi connectivity index (χ0) is 13.2. The third-order valence-corrected chi connectivity index (χ3v) is 2.02. The van der Waals surface area contributed by atoms with E-state index in [0.717, 1.165) is 18.2 Å². The van der Waals surface area contributed by atoms with Crippen molar-refractivity contribution in [1.82, 2.24) is 0 Å². The quantitative estimate of drug-likeness (QED) is 0.412. The average Bonchev–Trinajstić information content (AvgIpc) is 2.19. The van der Waals surface area contributed by atoms with Crippen molar-refractivity contribution in [1.29, 1.82) is 0 Å². The molecule has 0 unspecified atom stereocenters. The lowest BCUT2D eigenvalue weighted by atomic mass is 10.1. The molecule has 0 heterocycles. The molecule has 0 fully saturated rings. The highest BCUT2D eigenvalue weighted by Gasteiger charge is 2.23. The van der Waals surface area contributed by atoms with Crippen molar-refractivity contribution in [3.05, 3.63) is 28.3 Å². The summed E-state index contributed by atoms with van der Waals surface area (Å²) < 4.78 is 0. The minimum absolute atomic E-state index is 0.0391. The Bertz CT molecular complexity index is 465. The van der Waals surface area contributed by atoms with Crippen molar-refractivity contribution in [3.8, 4) is 5.75 Å². The first-order valence-corrected chi connectivity index (χ1v) is 4.79. The molecule has 1 rings (SSSR count). The first kappa shape index (κ1) is 12.9. The van der Waals surface area contributed by atoms with Crippen LogP contribution in [-0.4, -0.2) is 21.5 Å². The number of non-ortho nitro benzene ring substituents is 1. The van der Waals surface area contributed by atoms with E-state index in [-0.39, 0.29) is 17.1 Å². The Balaban J connectivity index is 3.02. The molecule has 0 aliphatic heterocycles. The number of phenolic OH excluding ortho intramolecular Hbond substituents is 1. The van der Waals surface area contributed by atoms with Crippen molar-refractivity contribution in [2.75, 3.05) is 5.32 Å². The molecular formula is C10H13N3O4. The number of nitrogens with one attached hydrogen (secondary N) is 1. The Hall–Kier alpha value is -2.15. The van der Waals surface area contributed by atoms with Crippen molar-refractivity contribution in [2.24, 2.45) is 5.73 Å². The zero-order valence-electron chi connectivity index (χ0n) is 9.43. The van der Waals surface area contributed by atoms with Gasteiger partial charge in [-0.1, -0.05) is 0 Å². The van der Waals surface area contributed by atoms with Crippen LogP contribution in [0.1, 0.15) is 13.8 Å². The van der Waals surface area contributed by atoms with E-state index < -0.39 is 16.4 Å². The molecule has 0 spiro atoms. The molecule has 1 aromatic carbocycles. The second kappa shape index (κ2) is 4.38. The summed E-state index contributed by atoms with van der Waals surface area (Å²) >= 11 is 0. The Morgan fingerprint density at radius 2 is 2.12 bits per heavy atom. The second-order valence-corrected chi connectivity index (χ2v) is 4.13. The standard InChI is InChI=1S/C10H13N3O4/c1-10(2,11)9(15)12-7-5-6(13(16)17)3-4-8(7)14/h3-5,14H,11H2,1-2H3,(H,12,15). The van der Waals surface area contributed by atoms with E-state index in [9.17, 15) is 20.0 Å². The summed E-state index contributed by atoms with van der Waals surface area (Å²) in [6.07, 6.45) is 0. The predicted octanol–water partition coefficient (Wildman–Crippen LogP) is 0.976. The fourth-order valence-corrected chi connectivity index (χ4v) is 1.02. The maximum atomic E-state index is 11.6. The Kier molecular flexibility index (Phi) is 3.33. The highest BCUT2D eigenvalue weighted by atomic mass is 16.6. The van der Waals surface area contributed by atoms with Gasteiger partial charge >= 0.3 is 0 Å². The van der Waals surface area contributed by atoms with E-state index in [4.69, 9.17) is 5.73 Å². The van der Waals surface area contributed by atoms with Gasteiger partial charge in [0.05, 0.1) is 16.1 Å². The van der Waals surface area contributed by atoms with Gasteiger partial charge in [0.1, 0.15) is 5.75 Å². The molecule has 0 saturated heterocycles. The van der Waals surface area contributed by atoms with Gasteiger partial charge < -0.3 is 16.2 Å². The van der Waals surface area contributed by atoms with Crippen LogP contribution in [0.2, 0.25) is 0 Å². The smallest absolute Gasteiger partial charge is 0.271 e. The van der Waals surface area contributed by atoms with E-state index in [1.807, 2.05) is 0 Å². The maximum absolute atomic E-state index is 11.6. The van der Waals surface area contributed by atoms with E-state index in [1.54, 1.807) is 0 Å². The Labute approximate surface area is 97.4 Å². The lowest BCUT2D eigenvalue weighted by molar-refractivity contribution is -0.384. The van der Waals surface area contributed by atoms with Gasteiger partial charge in [-0.15, -0.1) is 0 Å². The maximum Gasteiger partial charge on any atom is 0.271 e. The molecule has 0 aliphatic carbocycles. The van der Waals surface area contributed by atoms with Crippen LogP contribution in [0, 0.1) is 10.1 Å². The minimum atomic E-state index is -1.14. The first-order chi connectivity index (χ1) is 7.71. The molecule has 0 aliphatic rings. The van der Waals surface area contributed by atoms with Crippen LogP contribution < -0.4 is 11.1 Å². The van der Waals surface area contributed by atoms with Gasteiger partial charge in [-0.3, -0.25) is 14.9 Å². The lowest BCUT2D eigenvalue weighted by Crippen LogP contribution is -2.45.